The summed E-state index contributed by atoms with van der Waals surface area (Å²) in [5.41, 5.74) is 7.20. The Morgan fingerprint density at radius 1 is 1.37 bits per heavy atom. The van der Waals surface area contributed by atoms with Gasteiger partial charge >= 0.3 is 0 Å². The third-order valence-electron chi connectivity index (χ3n) is 3.33. The third-order valence-corrected chi connectivity index (χ3v) is 3.62. The summed E-state index contributed by atoms with van der Waals surface area (Å²) in [6, 6.07) is 5.74. The molecule has 5 heteroatoms. The Bertz CT molecular complexity index is 525. The molecule has 0 radical (unpaired) electrons. The Kier molecular flexibility index (Phi) is 3.23. The lowest BCUT2D eigenvalue weighted by atomic mass is 9.90. The average Bonchev–Trinajstić information content (AvgIpc) is 2.17. The second-order valence-electron chi connectivity index (χ2n) is 6.11. The van der Waals surface area contributed by atoms with E-state index in [1.54, 1.807) is 11.8 Å². The maximum atomic E-state index is 10.7. The van der Waals surface area contributed by atoms with Gasteiger partial charge in [0.15, 0.2) is 5.11 Å². The normalized spacial score (nSPS) is 26.2. The number of nitrogens with two attached hydrogens (primary N) is 1. The van der Waals surface area contributed by atoms with Gasteiger partial charge in [0.1, 0.15) is 5.72 Å². The van der Waals surface area contributed by atoms with Gasteiger partial charge in [-0.2, -0.15) is 0 Å². The van der Waals surface area contributed by atoms with Crippen LogP contribution in [0.3, 0.4) is 0 Å². The summed E-state index contributed by atoms with van der Waals surface area (Å²) < 4.78 is 0. The number of benzene rings is 1. The van der Waals surface area contributed by atoms with Crippen molar-refractivity contribution in [3.63, 3.8) is 0 Å². The number of nitrogens with zero attached hydrogens (tertiary/aromatic N) is 1. The van der Waals surface area contributed by atoms with Crippen LogP contribution in [0.5, 0.6) is 0 Å². The Morgan fingerprint density at radius 3 is 2.53 bits per heavy atom. The van der Waals surface area contributed by atoms with Gasteiger partial charge in [-0.3, -0.25) is 4.90 Å². The zero-order valence-corrected chi connectivity index (χ0v) is 12.6. The Hall–Kier alpha value is -1.33. The molecule has 0 aliphatic carbocycles. The van der Waals surface area contributed by atoms with Gasteiger partial charge in [0.2, 0.25) is 0 Å². The predicted molar refractivity (Wildman–Crippen MR) is 83.1 cm³/mol. The summed E-state index contributed by atoms with van der Waals surface area (Å²) in [6.45, 7) is 7.78. The first-order valence-electron chi connectivity index (χ1n) is 6.33. The van der Waals surface area contributed by atoms with E-state index in [1.165, 1.54) is 0 Å². The van der Waals surface area contributed by atoms with Gasteiger partial charge in [-0.05, 0) is 57.6 Å². The quantitative estimate of drug-likeness (QED) is 0.543. The van der Waals surface area contributed by atoms with Crippen LogP contribution in [0.1, 0.15) is 32.8 Å². The smallest absolute Gasteiger partial charge is 0.176 e. The predicted octanol–water partition coefficient (Wildman–Crippen LogP) is 2.15. The fourth-order valence-corrected chi connectivity index (χ4v) is 3.34. The molecule has 1 atom stereocenters. The van der Waals surface area contributed by atoms with Crippen molar-refractivity contribution in [2.24, 2.45) is 0 Å². The zero-order valence-electron chi connectivity index (χ0n) is 11.8. The number of rotatable bonds is 1. The van der Waals surface area contributed by atoms with E-state index in [1.807, 2.05) is 39.0 Å². The topological polar surface area (TPSA) is 61.5 Å². The highest BCUT2D eigenvalue weighted by molar-refractivity contribution is 7.80. The minimum atomic E-state index is -1.06. The van der Waals surface area contributed by atoms with Gasteiger partial charge in [0.25, 0.3) is 0 Å². The summed E-state index contributed by atoms with van der Waals surface area (Å²) >= 11 is 5.40. The van der Waals surface area contributed by atoms with Gasteiger partial charge in [-0.15, -0.1) is 0 Å². The molecule has 1 unspecified atom stereocenters. The van der Waals surface area contributed by atoms with Crippen LogP contribution >= 0.6 is 12.2 Å². The van der Waals surface area contributed by atoms with Crippen molar-refractivity contribution >= 4 is 28.7 Å². The zero-order chi connectivity index (χ0) is 14.4. The van der Waals surface area contributed by atoms with Crippen molar-refractivity contribution in [3.05, 3.63) is 23.8 Å². The second-order valence-corrected chi connectivity index (χ2v) is 6.49. The van der Waals surface area contributed by atoms with Crippen LogP contribution in [0.4, 0.5) is 11.4 Å². The molecule has 1 aliphatic rings. The average molecular weight is 279 g/mol. The maximum Gasteiger partial charge on any atom is 0.176 e. The van der Waals surface area contributed by atoms with Crippen LogP contribution < -0.4 is 16.0 Å². The van der Waals surface area contributed by atoms with Crippen LogP contribution in [-0.2, 0) is 0 Å². The van der Waals surface area contributed by atoms with Crippen molar-refractivity contribution in [2.45, 2.75) is 45.4 Å². The Balaban J connectivity index is 2.46. The molecule has 1 fully saturated rings. The molecule has 2 rings (SSSR count). The van der Waals surface area contributed by atoms with Crippen molar-refractivity contribution < 1.29 is 5.11 Å². The van der Waals surface area contributed by atoms with Crippen LogP contribution in [-0.4, -0.2) is 21.5 Å². The highest BCUT2D eigenvalue weighted by Crippen LogP contribution is 2.36. The monoisotopic (exact) mass is 279 g/mol. The highest BCUT2D eigenvalue weighted by Gasteiger charge is 2.44. The lowest BCUT2D eigenvalue weighted by Gasteiger charge is -2.49. The van der Waals surface area contributed by atoms with Crippen molar-refractivity contribution in [1.29, 1.82) is 0 Å². The summed E-state index contributed by atoms with van der Waals surface area (Å²) in [5.74, 6) is 0. The standard InChI is InChI=1S/C14H21N3OS/c1-9-5-6-11(10(15)7-9)17-12(19)16-13(2,3)8-14(17,4)18/h5-7,18H,8,15H2,1-4H3,(H,16,19). The fraction of sp³-hybridized carbons (Fsp3) is 0.500. The number of aryl methyl sites for hydroxylation is 1. The molecular formula is C14H21N3OS. The molecule has 1 aliphatic heterocycles. The molecule has 0 amide bonds. The molecule has 104 valence electrons. The van der Waals surface area contributed by atoms with Crippen molar-refractivity contribution in [2.75, 3.05) is 10.6 Å². The molecule has 0 spiro atoms. The number of aliphatic hydroxyl groups is 1. The van der Waals surface area contributed by atoms with E-state index in [0.717, 1.165) is 11.3 Å². The van der Waals surface area contributed by atoms with Crippen LogP contribution in [0.15, 0.2) is 18.2 Å². The molecule has 0 aromatic heterocycles. The van der Waals surface area contributed by atoms with E-state index in [4.69, 9.17) is 18.0 Å². The molecule has 19 heavy (non-hydrogen) atoms. The number of hydrogen-bond donors (Lipinski definition) is 3. The summed E-state index contributed by atoms with van der Waals surface area (Å²) in [7, 11) is 0. The first kappa shape index (κ1) is 14.1. The first-order valence-corrected chi connectivity index (χ1v) is 6.74. The minimum absolute atomic E-state index is 0.240. The highest BCUT2D eigenvalue weighted by atomic mass is 32.1. The third kappa shape index (κ3) is 2.67. The molecule has 0 saturated carbocycles. The van der Waals surface area contributed by atoms with Crippen LogP contribution in [0.2, 0.25) is 0 Å². The lowest BCUT2D eigenvalue weighted by Crippen LogP contribution is -2.66. The molecule has 1 saturated heterocycles. The number of anilines is 2. The van der Waals surface area contributed by atoms with E-state index in [9.17, 15) is 5.11 Å². The molecule has 1 aromatic carbocycles. The van der Waals surface area contributed by atoms with Crippen LogP contribution in [0.25, 0.3) is 0 Å². The molecule has 1 aromatic rings. The summed E-state index contributed by atoms with van der Waals surface area (Å²) in [6.07, 6.45) is 0.549. The van der Waals surface area contributed by atoms with Gasteiger partial charge in [0, 0.05) is 12.0 Å². The fourth-order valence-electron chi connectivity index (χ4n) is 2.77. The largest absolute Gasteiger partial charge is 0.397 e. The molecule has 1 heterocycles. The SMILES string of the molecule is Cc1ccc(N2C(=S)NC(C)(C)CC2(C)O)c(N)c1. The number of thiocarbonyl (C=S) groups is 1. The Labute approximate surface area is 119 Å². The van der Waals surface area contributed by atoms with Gasteiger partial charge in [-0.25, -0.2) is 0 Å². The lowest BCUT2D eigenvalue weighted by molar-refractivity contribution is 0.0278. The van der Waals surface area contributed by atoms with E-state index < -0.39 is 5.72 Å². The number of hydrogen-bond acceptors (Lipinski definition) is 3. The summed E-state index contributed by atoms with van der Waals surface area (Å²) in [4.78, 5) is 1.70. The molecule has 4 N–H and O–H groups in total. The van der Waals surface area contributed by atoms with Crippen LogP contribution in [0, 0.1) is 6.92 Å². The van der Waals surface area contributed by atoms with Gasteiger partial charge in [0.05, 0.1) is 11.4 Å². The van der Waals surface area contributed by atoms with E-state index >= 15 is 0 Å². The first-order chi connectivity index (χ1) is 8.62. The maximum absolute atomic E-state index is 10.7. The number of nitrogen functional groups attached to an aromatic ring is 1. The van der Waals surface area contributed by atoms with E-state index in [-0.39, 0.29) is 5.54 Å². The minimum Gasteiger partial charge on any atom is -0.397 e. The number of nitrogens with one attached hydrogen (secondary N) is 1. The van der Waals surface area contributed by atoms with Crippen molar-refractivity contribution in [1.82, 2.24) is 5.32 Å². The molecule has 0 bridgehead atoms. The second kappa shape index (κ2) is 4.35. The van der Waals surface area contributed by atoms with Crippen molar-refractivity contribution in [3.8, 4) is 0 Å². The Morgan fingerprint density at radius 2 is 2.00 bits per heavy atom. The summed E-state index contributed by atoms with van der Waals surface area (Å²) in [5, 5.41) is 14.5. The van der Waals surface area contributed by atoms with Gasteiger partial charge in [-0.1, -0.05) is 6.07 Å². The van der Waals surface area contributed by atoms with E-state index in [2.05, 4.69) is 5.32 Å². The molecular weight excluding hydrogens is 258 g/mol. The molecule has 4 nitrogen and oxygen atoms in total. The van der Waals surface area contributed by atoms with Gasteiger partial charge < -0.3 is 16.2 Å². The van der Waals surface area contributed by atoms with E-state index in [0.29, 0.717) is 17.2 Å².